The summed E-state index contributed by atoms with van der Waals surface area (Å²) in [5.41, 5.74) is 2.78. The van der Waals surface area contributed by atoms with Crippen molar-refractivity contribution >= 4 is 22.6 Å². The Labute approximate surface area is 135 Å². The Hall–Kier alpha value is -2.67. The Kier molecular flexibility index (Phi) is 3.34. The lowest BCUT2D eigenvalue weighted by Gasteiger charge is -2.08. The maximum absolute atomic E-state index is 14.1. The van der Waals surface area contributed by atoms with Crippen LogP contribution < -0.4 is 0 Å². The number of benzene rings is 1. The van der Waals surface area contributed by atoms with E-state index in [1.165, 1.54) is 17.6 Å². The van der Waals surface area contributed by atoms with Gasteiger partial charge in [-0.1, -0.05) is 16.6 Å². The molecule has 0 unspecified atom stereocenters. The summed E-state index contributed by atoms with van der Waals surface area (Å²) in [6.07, 6.45) is 3.52. The quantitative estimate of drug-likeness (QED) is 0.579. The number of halogens is 1. The van der Waals surface area contributed by atoms with Gasteiger partial charge in [0.25, 0.3) is 0 Å². The van der Waals surface area contributed by atoms with Gasteiger partial charge in [-0.3, -0.25) is 4.98 Å². The van der Waals surface area contributed by atoms with Crippen LogP contribution >= 0.6 is 11.5 Å². The van der Waals surface area contributed by atoms with Crippen molar-refractivity contribution in [2.24, 2.45) is 0 Å². The molecule has 0 atom stereocenters. The van der Waals surface area contributed by atoms with E-state index in [9.17, 15) is 4.39 Å². The van der Waals surface area contributed by atoms with Crippen molar-refractivity contribution in [3.05, 3.63) is 59.0 Å². The molecular formula is C16H12FN5S. The molecular weight excluding hydrogens is 313 g/mol. The van der Waals surface area contributed by atoms with E-state index in [0.29, 0.717) is 23.6 Å². The Morgan fingerprint density at radius 3 is 2.87 bits per heavy atom. The minimum absolute atomic E-state index is 0.338. The summed E-state index contributed by atoms with van der Waals surface area (Å²) < 4.78 is 20.1. The summed E-state index contributed by atoms with van der Waals surface area (Å²) in [6, 6.07) is 8.83. The van der Waals surface area contributed by atoms with E-state index in [1.807, 2.05) is 29.7 Å². The minimum Gasteiger partial charge on any atom is -0.318 e. The highest BCUT2D eigenvalue weighted by molar-refractivity contribution is 7.05. The molecule has 0 radical (unpaired) electrons. The highest BCUT2D eigenvalue weighted by Crippen LogP contribution is 2.28. The van der Waals surface area contributed by atoms with Gasteiger partial charge in [-0.2, -0.15) is 0 Å². The third kappa shape index (κ3) is 2.39. The van der Waals surface area contributed by atoms with Crippen LogP contribution in [0.5, 0.6) is 0 Å². The van der Waals surface area contributed by atoms with Crippen LogP contribution in [0, 0.1) is 12.7 Å². The molecule has 7 heteroatoms. The average Bonchev–Trinajstić information content (AvgIpc) is 3.13. The standard InChI is InChI=1S/C16H12FN5S/c1-10-14(20-21-23-10)16-19-15-12(17)5-2-6-13(15)22(16)9-11-4-3-7-18-8-11/h2-8H,9H2,1H3. The topological polar surface area (TPSA) is 56.5 Å². The van der Waals surface area contributed by atoms with Crippen LogP contribution in [0.25, 0.3) is 22.6 Å². The number of nitrogens with zero attached hydrogens (tertiary/aromatic N) is 5. The average molecular weight is 325 g/mol. The number of aryl methyl sites for hydroxylation is 1. The van der Waals surface area contributed by atoms with Crippen LogP contribution in [0.2, 0.25) is 0 Å². The fourth-order valence-corrected chi connectivity index (χ4v) is 3.03. The van der Waals surface area contributed by atoms with Gasteiger partial charge in [0.1, 0.15) is 11.2 Å². The Morgan fingerprint density at radius 1 is 1.22 bits per heavy atom. The summed E-state index contributed by atoms with van der Waals surface area (Å²) >= 11 is 1.31. The predicted molar refractivity (Wildman–Crippen MR) is 86.7 cm³/mol. The zero-order valence-electron chi connectivity index (χ0n) is 12.3. The third-order valence-corrected chi connectivity index (χ3v) is 4.29. The van der Waals surface area contributed by atoms with Crippen molar-refractivity contribution in [1.82, 2.24) is 24.1 Å². The predicted octanol–water partition coefficient (Wildman–Crippen LogP) is 3.45. The number of imidazole rings is 1. The second kappa shape index (κ2) is 5.51. The first-order valence-electron chi connectivity index (χ1n) is 7.07. The molecule has 0 aliphatic rings. The zero-order valence-corrected chi connectivity index (χ0v) is 13.1. The Morgan fingerprint density at radius 2 is 2.13 bits per heavy atom. The van der Waals surface area contributed by atoms with E-state index in [1.54, 1.807) is 18.5 Å². The van der Waals surface area contributed by atoms with Crippen LogP contribution in [-0.4, -0.2) is 24.1 Å². The molecule has 23 heavy (non-hydrogen) atoms. The van der Waals surface area contributed by atoms with E-state index in [2.05, 4.69) is 19.6 Å². The summed E-state index contributed by atoms with van der Waals surface area (Å²) in [6.45, 7) is 2.48. The Balaban J connectivity index is 1.96. The summed E-state index contributed by atoms with van der Waals surface area (Å²) in [7, 11) is 0. The second-order valence-corrected chi connectivity index (χ2v) is 6.13. The van der Waals surface area contributed by atoms with E-state index in [-0.39, 0.29) is 5.82 Å². The fraction of sp³-hybridized carbons (Fsp3) is 0.125. The molecule has 3 aromatic heterocycles. The molecule has 0 saturated carbocycles. The minimum atomic E-state index is -0.338. The number of aromatic nitrogens is 5. The van der Waals surface area contributed by atoms with Crippen molar-refractivity contribution in [2.75, 3.05) is 0 Å². The number of rotatable bonds is 3. The lowest BCUT2D eigenvalue weighted by molar-refractivity contribution is 0.637. The van der Waals surface area contributed by atoms with Crippen LogP contribution in [0.15, 0.2) is 42.7 Å². The molecule has 0 spiro atoms. The van der Waals surface area contributed by atoms with Crippen molar-refractivity contribution in [3.63, 3.8) is 0 Å². The van der Waals surface area contributed by atoms with Gasteiger partial charge in [-0.15, -0.1) is 5.10 Å². The number of hydrogen-bond acceptors (Lipinski definition) is 5. The maximum atomic E-state index is 14.1. The maximum Gasteiger partial charge on any atom is 0.163 e. The molecule has 4 aromatic rings. The third-order valence-electron chi connectivity index (χ3n) is 3.66. The molecule has 1 aromatic carbocycles. The van der Waals surface area contributed by atoms with Gasteiger partial charge in [0.2, 0.25) is 0 Å². The van der Waals surface area contributed by atoms with Crippen LogP contribution in [0.3, 0.4) is 0 Å². The molecule has 0 saturated heterocycles. The van der Waals surface area contributed by atoms with Crippen molar-refractivity contribution in [3.8, 4) is 11.5 Å². The lowest BCUT2D eigenvalue weighted by Crippen LogP contribution is -2.03. The zero-order chi connectivity index (χ0) is 15.8. The first-order chi connectivity index (χ1) is 11.2. The molecule has 0 aliphatic heterocycles. The van der Waals surface area contributed by atoms with Gasteiger partial charge in [0.15, 0.2) is 11.6 Å². The van der Waals surface area contributed by atoms with Crippen molar-refractivity contribution in [2.45, 2.75) is 13.5 Å². The molecule has 0 amide bonds. The van der Waals surface area contributed by atoms with Gasteiger partial charge in [0.05, 0.1) is 16.9 Å². The smallest absolute Gasteiger partial charge is 0.163 e. The first kappa shape index (κ1) is 14.0. The van der Waals surface area contributed by atoms with Gasteiger partial charge in [-0.05, 0) is 42.2 Å². The Bertz CT molecular complexity index is 977. The first-order valence-corrected chi connectivity index (χ1v) is 7.84. The van der Waals surface area contributed by atoms with E-state index in [4.69, 9.17) is 0 Å². The van der Waals surface area contributed by atoms with E-state index in [0.717, 1.165) is 16.0 Å². The summed E-state index contributed by atoms with van der Waals surface area (Å²) in [5.74, 6) is 0.287. The number of fused-ring (bicyclic) bond motifs is 1. The highest BCUT2D eigenvalue weighted by Gasteiger charge is 2.19. The van der Waals surface area contributed by atoms with E-state index >= 15 is 0 Å². The summed E-state index contributed by atoms with van der Waals surface area (Å²) in [5, 5.41) is 4.16. The second-order valence-electron chi connectivity index (χ2n) is 5.17. The normalized spacial score (nSPS) is 11.2. The van der Waals surface area contributed by atoms with Crippen molar-refractivity contribution < 1.29 is 4.39 Å². The monoisotopic (exact) mass is 325 g/mol. The van der Waals surface area contributed by atoms with Gasteiger partial charge >= 0.3 is 0 Å². The molecule has 4 rings (SSSR count). The molecule has 5 nitrogen and oxygen atoms in total. The van der Waals surface area contributed by atoms with Crippen LogP contribution in [-0.2, 0) is 6.54 Å². The number of hydrogen-bond donors (Lipinski definition) is 0. The van der Waals surface area contributed by atoms with Crippen LogP contribution in [0.1, 0.15) is 10.4 Å². The SMILES string of the molecule is Cc1snnc1-c1nc2c(F)cccc2n1Cc1cccnc1. The van der Waals surface area contributed by atoms with Gasteiger partial charge in [-0.25, -0.2) is 9.37 Å². The molecule has 3 heterocycles. The van der Waals surface area contributed by atoms with E-state index < -0.39 is 0 Å². The fourth-order valence-electron chi connectivity index (χ4n) is 2.57. The summed E-state index contributed by atoms with van der Waals surface area (Å²) in [4.78, 5) is 9.57. The largest absolute Gasteiger partial charge is 0.318 e. The molecule has 0 N–H and O–H groups in total. The van der Waals surface area contributed by atoms with Gasteiger partial charge < -0.3 is 4.57 Å². The lowest BCUT2D eigenvalue weighted by atomic mass is 10.2. The van der Waals surface area contributed by atoms with Gasteiger partial charge in [0, 0.05) is 12.4 Å². The number of pyridine rings is 1. The van der Waals surface area contributed by atoms with Crippen LogP contribution in [0.4, 0.5) is 4.39 Å². The van der Waals surface area contributed by atoms with Crippen molar-refractivity contribution in [1.29, 1.82) is 0 Å². The molecule has 0 bridgehead atoms. The molecule has 114 valence electrons. The molecule has 0 fully saturated rings. The highest BCUT2D eigenvalue weighted by atomic mass is 32.1. The molecule has 0 aliphatic carbocycles. The number of para-hydroxylation sites is 1.